The molecule has 3 aromatic rings. The fourth-order valence-electron chi connectivity index (χ4n) is 3.08. The normalized spacial score (nSPS) is 14.3. The number of rotatable bonds is 2. The third-order valence-electron chi connectivity index (χ3n) is 4.45. The van der Waals surface area contributed by atoms with Crippen LogP contribution in [0.25, 0.3) is 11.0 Å². The third-order valence-corrected chi connectivity index (χ3v) is 4.45. The van der Waals surface area contributed by atoms with Crippen molar-refractivity contribution in [3.63, 3.8) is 0 Å². The number of carbonyl (C=O) groups is 1. The highest BCUT2D eigenvalue weighted by molar-refractivity contribution is 6.04. The van der Waals surface area contributed by atoms with E-state index in [1.165, 1.54) is 30.8 Å². The Bertz CT molecular complexity index is 1260. The van der Waals surface area contributed by atoms with Gasteiger partial charge in [0.05, 0.1) is 5.39 Å². The predicted molar refractivity (Wildman–Crippen MR) is 102 cm³/mol. The summed E-state index contributed by atoms with van der Waals surface area (Å²) in [6.45, 7) is 3.58. The van der Waals surface area contributed by atoms with Crippen LogP contribution < -0.4 is 26.0 Å². The van der Waals surface area contributed by atoms with Gasteiger partial charge in [-0.3, -0.25) is 18.7 Å². The molecule has 0 spiro atoms. The zero-order valence-corrected chi connectivity index (χ0v) is 15.8. The molecule has 0 bridgehead atoms. The van der Waals surface area contributed by atoms with E-state index in [1.54, 1.807) is 32.0 Å². The minimum absolute atomic E-state index is 0.0775. The molecule has 0 unspecified atom stereocenters. The van der Waals surface area contributed by atoms with Crippen molar-refractivity contribution >= 4 is 22.6 Å². The molecule has 9 nitrogen and oxygen atoms in total. The predicted octanol–water partition coefficient (Wildman–Crippen LogP) is 1.39. The molecule has 3 heterocycles. The lowest BCUT2D eigenvalue weighted by atomic mass is 10.2. The van der Waals surface area contributed by atoms with Crippen LogP contribution in [0.1, 0.15) is 24.3 Å². The molecule has 2 aromatic heterocycles. The maximum atomic E-state index is 12.6. The molecule has 4 rings (SSSR count). The SMILES string of the molecule is Cn1c(=O)c2ccc(C(=O)Nc3ccc4c(c3)OC(C)(C)O4)nc2n(C)c1=O. The summed E-state index contributed by atoms with van der Waals surface area (Å²) in [5.74, 6) is -0.118. The minimum atomic E-state index is -0.762. The summed E-state index contributed by atoms with van der Waals surface area (Å²) in [7, 11) is 2.89. The van der Waals surface area contributed by atoms with Crippen LogP contribution in [0.3, 0.4) is 0 Å². The zero-order chi connectivity index (χ0) is 20.2. The molecule has 9 heteroatoms. The number of hydrogen-bond acceptors (Lipinski definition) is 6. The smallest absolute Gasteiger partial charge is 0.332 e. The Labute approximate surface area is 159 Å². The molecule has 1 aliphatic heterocycles. The molecule has 1 N–H and O–H groups in total. The van der Waals surface area contributed by atoms with E-state index in [9.17, 15) is 14.4 Å². The topological polar surface area (TPSA) is 104 Å². The number of benzene rings is 1. The van der Waals surface area contributed by atoms with Crippen LogP contribution in [0.2, 0.25) is 0 Å². The van der Waals surface area contributed by atoms with Gasteiger partial charge in [-0.1, -0.05) is 0 Å². The number of amides is 1. The summed E-state index contributed by atoms with van der Waals surface area (Å²) in [4.78, 5) is 41.1. The Hall–Kier alpha value is -3.62. The van der Waals surface area contributed by atoms with Gasteiger partial charge in [-0.05, 0) is 24.3 Å². The average molecular weight is 382 g/mol. The van der Waals surface area contributed by atoms with Gasteiger partial charge in [-0.25, -0.2) is 9.78 Å². The van der Waals surface area contributed by atoms with E-state index >= 15 is 0 Å². The highest BCUT2D eigenvalue weighted by Crippen LogP contribution is 2.40. The first-order valence-electron chi connectivity index (χ1n) is 8.56. The van der Waals surface area contributed by atoms with Crippen LogP contribution in [0.15, 0.2) is 39.9 Å². The number of ether oxygens (including phenoxy) is 2. The van der Waals surface area contributed by atoms with Crippen LogP contribution in [-0.2, 0) is 14.1 Å². The van der Waals surface area contributed by atoms with Crippen molar-refractivity contribution in [2.45, 2.75) is 19.6 Å². The number of aromatic nitrogens is 3. The van der Waals surface area contributed by atoms with Crippen LogP contribution in [0.5, 0.6) is 11.5 Å². The molecule has 0 saturated carbocycles. The van der Waals surface area contributed by atoms with E-state index in [0.29, 0.717) is 17.2 Å². The number of aryl methyl sites for hydroxylation is 1. The molecular weight excluding hydrogens is 364 g/mol. The molecule has 1 amide bonds. The Morgan fingerprint density at radius 2 is 1.75 bits per heavy atom. The van der Waals surface area contributed by atoms with Crippen molar-refractivity contribution in [2.75, 3.05) is 5.32 Å². The summed E-state index contributed by atoms with van der Waals surface area (Å²) in [5, 5.41) is 2.99. The molecule has 1 aromatic carbocycles. The van der Waals surface area contributed by atoms with Gasteiger partial charge >= 0.3 is 5.69 Å². The maximum Gasteiger partial charge on any atom is 0.332 e. The van der Waals surface area contributed by atoms with Gasteiger partial charge in [-0.2, -0.15) is 0 Å². The molecule has 1 aliphatic rings. The Balaban J connectivity index is 1.67. The van der Waals surface area contributed by atoms with Crippen molar-refractivity contribution in [3.8, 4) is 11.5 Å². The van der Waals surface area contributed by atoms with E-state index in [4.69, 9.17) is 9.47 Å². The first kappa shape index (κ1) is 17.8. The summed E-state index contributed by atoms with van der Waals surface area (Å²) in [6, 6.07) is 7.99. The first-order valence-corrected chi connectivity index (χ1v) is 8.56. The number of pyridine rings is 1. The second-order valence-corrected chi connectivity index (χ2v) is 6.99. The van der Waals surface area contributed by atoms with Gasteiger partial charge < -0.3 is 14.8 Å². The van der Waals surface area contributed by atoms with Gasteiger partial charge in [0, 0.05) is 39.7 Å². The fourth-order valence-corrected chi connectivity index (χ4v) is 3.08. The monoisotopic (exact) mass is 382 g/mol. The average Bonchev–Trinajstić information content (AvgIpc) is 2.97. The largest absolute Gasteiger partial charge is 0.449 e. The second kappa shape index (κ2) is 5.95. The number of nitrogens with zero attached hydrogens (tertiary/aromatic N) is 3. The van der Waals surface area contributed by atoms with Crippen LogP contribution in [0.4, 0.5) is 5.69 Å². The summed E-state index contributed by atoms with van der Waals surface area (Å²) < 4.78 is 13.5. The Kier molecular flexibility index (Phi) is 3.77. The van der Waals surface area contributed by atoms with E-state index in [-0.39, 0.29) is 16.7 Å². The van der Waals surface area contributed by atoms with Crippen molar-refractivity contribution < 1.29 is 14.3 Å². The highest BCUT2D eigenvalue weighted by atomic mass is 16.7. The molecule has 0 radical (unpaired) electrons. The van der Waals surface area contributed by atoms with Gasteiger partial charge in [0.15, 0.2) is 11.5 Å². The van der Waals surface area contributed by atoms with Crippen LogP contribution >= 0.6 is 0 Å². The molecule has 0 saturated heterocycles. The van der Waals surface area contributed by atoms with E-state index in [1.807, 2.05) is 0 Å². The maximum absolute atomic E-state index is 12.6. The quantitative estimate of drug-likeness (QED) is 0.718. The lowest BCUT2D eigenvalue weighted by Gasteiger charge is -2.16. The number of fused-ring (bicyclic) bond motifs is 2. The highest BCUT2D eigenvalue weighted by Gasteiger charge is 2.31. The molecule has 0 atom stereocenters. The van der Waals surface area contributed by atoms with Crippen molar-refractivity contribution in [1.82, 2.24) is 14.1 Å². The number of nitrogens with one attached hydrogen (secondary N) is 1. The van der Waals surface area contributed by atoms with Gasteiger partial charge in [0.2, 0.25) is 5.79 Å². The van der Waals surface area contributed by atoms with Gasteiger partial charge in [0.1, 0.15) is 11.3 Å². The Morgan fingerprint density at radius 1 is 1.04 bits per heavy atom. The van der Waals surface area contributed by atoms with E-state index in [0.717, 1.165) is 4.57 Å². The van der Waals surface area contributed by atoms with Crippen LogP contribution in [-0.4, -0.2) is 25.8 Å². The second-order valence-electron chi connectivity index (χ2n) is 6.99. The van der Waals surface area contributed by atoms with E-state index in [2.05, 4.69) is 10.3 Å². The molecule has 0 fully saturated rings. The fraction of sp³-hybridized carbons (Fsp3) is 0.263. The number of carbonyl (C=O) groups excluding carboxylic acids is 1. The van der Waals surface area contributed by atoms with Gasteiger partial charge in [0.25, 0.3) is 11.5 Å². The van der Waals surface area contributed by atoms with Gasteiger partial charge in [-0.15, -0.1) is 0 Å². The van der Waals surface area contributed by atoms with Crippen molar-refractivity contribution in [3.05, 3.63) is 56.9 Å². The van der Waals surface area contributed by atoms with Crippen molar-refractivity contribution in [1.29, 1.82) is 0 Å². The van der Waals surface area contributed by atoms with Crippen LogP contribution in [0, 0.1) is 0 Å². The summed E-state index contributed by atoms with van der Waals surface area (Å²) >= 11 is 0. The molecule has 28 heavy (non-hydrogen) atoms. The molecule has 0 aliphatic carbocycles. The lowest BCUT2D eigenvalue weighted by molar-refractivity contribution is -0.0431. The number of hydrogen-bond donors (Lipinski definition) is 1. The number of anilines is 1. The van der Waals surface area contributed by atoms with E-state index < -0.39 is 22.9 Å². The van der Waals surface area contributed by atoms with Crippen molar-refractivity contribution in [2.24, 2.45) is 14.1 Å². The Morgan fingerprint density at radius 3 is 2.50 bits per heavy atom. The summed E-state index contributed by atoms with van der Waals surface area (Å²) in [5.41, 5.74) is -0.247. The minimum Gasteiger partial charge on any atom is -0.449 e. The molecular formula is C19H18N4O5. The molecule has 144 valence electrons. The zero-order valence-electron chi connectivity index (χ0n) is 15.8. The first-order chi connectivity index (χ1) is 13.2. The lowest BCUT2D eigenvalue weighted by Crippen LogP contribution is -2.37. The standard InChI is InChI=1S/C19H18N4O5/c1-19(2)27-13-8-5-10(9-14(13)28-19)20-16(24)12-7-6-11-15(21-12)22(3)18(26)23(4)17(11)25/h5-9H,1-4H3,(H,20,24). The summed E-state index contributed by atoms with van der Waals surface area (Å²) in [6.07, 6.45) is 0. The third kappa shape index (κ3) is 2.81.